The highest BCUT2D eigenvalue weighted by atomic mass is 35.5. The maximum Gasteiger partial charge on any atom is 0.317 e. The lowest BCUT2D eigenvalue weighted by Crippen LogP contribution is -2.34. The molecule has 1 aromatic rings. The number of carbonyl (C=O) groups is 2. The third-order valence-corrected chi connectivity index (χ3v) is 3.04. The Hall–Kier alpha value is -1.60. The van der Waals surface area contributed by atoms with Gasteiger partial charge in [-0.25, -0.2) is 0 Å². The summed E-state index contributed by atoms with van der Waals surface area (Å²) < 4.78 is 1.65. The number of rotatable bonds is 7. The van der Waals surface area contributed by atoms with E-state index in [1.165, 1.54) is 4.90 Å². The summed E-state index contributed by atoms with van der Waals surface area (Å²) in [6, 6.07) is 0. The molecule has 0 fully saturated rings. The molecule has 8 heteroatoms. The van der Waals surface area contributed by atoms with Gasteiger partial charge in [-0.05, 0) is 13.8 Å². The minimum Gasteiger partial charge on any atom is -0.480 e. The number of hydrogen-bond donors (Lipinski definition) is 2. The fourth-order valence-corrected chi connectivity index (χ4v) is 1.98. The Bertz CT molecular complexity index is 471. The topological polar surface area (TPSA) is 95.7 Å². The molecule has 0 aliphatic heterocycles. The normalized spacial score (nSPS) is 10.9. The smallest absolute Gasteiger partial charge is 0.317 e. The number of nitrogens with zero attached hydrogens (tertiary/aromatic N) is 3. The molecule has 0 radical (unpaired) electrons. The molecule has 7 nitrogen and oxygen atoms in total. The number of aryl methyl sites for hydroxylation is 2. The van der Waals surface area contributed by atoms with Gasteiger partial charge in [0.2, 0.25) is 0 Å². The van der Waals surface area contributed by atoms with Crippen molar-refractivity contribution in [2.75, 3.05) is 13.1 Å². The van der Waals surface area contributed by atoms with Crippen molar-refractivity contribution in [1.82, 2.24) is 14.7 Å². The van der Waals surface area contributed by atoms with Crippen LogP contribution in [-0.4, -0.2) is 49.9 Å². The van der Waals surface area contributed by atoms with E-state index in [1.807, 2.05) is 6.92 Å². The lowest BCUT2D eigenvalue weighted by atomic mass is 10.3. The molecule has 0 atom stereocenters. The van der Waals surface area contributed by atoms with Crippen molar-refractivity contribution in [2.24, 2.45) is 0 Å². The van der Waals surface area contributed by atoms with Crippen LogP contribution in [0.2, 0.25) is 5.02 Å². The summed E-state index contributed by atoms with van der Waals surface area (Å²) in [4.78, 5) is 22.8. The monoisotopic (exact) mass is 289 g/mol. The predicted molar refractivity (Wildman–Crippen MR) is 68.2 cm³/mol. The van der Waals surface area contributed by atoms with Crippen LogP contribution in [0.15, 0.2) is 0 Å². The molecular weight excluding hydrogens is 274 g/mol. The molecule has 19 heavy (non-hydrogen) atoms. The van der Waals surface area contributed by atoms with E-state index in [4.69, 9.17) is 21.8 Å². The number of carboxylic acids is 2. The van der Waals surface area contributed by atoms with Crippen molar-refractivity contribution in [1.29, 1.82) is 0 Å². The van der Waals surface area contributed by atoms with Gasteiger partial charge in [0.1, 0.15) is 0 Å². The molecule has 0 unspecified atom stereocenters. The molecular formula is C11H16ClN3O4. The second-order valence-corrected chi connectivity index (χ2v) is 4.47. The SMILES string of the molecule is CCn1nc(C)c(Cl)c1CN(CC(=O)O)CC(=O)O. The summed E-state index contributed by atoms with van der Waals surface area (Å²) in [7, 11) is 0. The van der Waals surface area contributed by atoms with Crippen LogP contribution in [0.25, 0.3) is 0 Å². The first-order valence-corrected chi connectivity index (χ1v) is 6.10. The lowest BCUT2D eigenvalue weighted by Gasteiger charge is -2.18. The van der Waals surface area contributed by atoms with Crippen molar-refractivity contribution in [3.63, 3.8) is 0 Å². The summed E-state index contributed by atoms with van der Waals surface area (Å²) in [5, 5.41) is 22.2. The van der Waals surface area contributed by atoms with Gasteiger partial charge in [-0.1, -0.05) is 11.6 Å². The first-order valence-electron chi connectivity index (χ1n) is 5.72. The molecule has 0 amide bonds. The average molecular weight is 290 g/mol. The fraction of sp³-hybridized carbons (Fsp3) is 0.545. The lowest BCUT2D eigenvalue weighted by molar-refractivity contribution is -0.142. The van der Waals surface area contributed by atoms with Crippen LogP contribution in [0, 0.1) is 6.92 Å². The highest BCUT2D eigenvalue weighted by molar-refractivity contribution is 6.31. The molecule has 0 aliphatic rings. The zero-order chi connectivity index (χ0) is 14.6. The zero-order valence-electron chi connectivity index (χ0n) is 10.8. The van der Waals surface area contributed by atoms with Crippen LogP contribution in [0.1, 0.15) is 18.3 Å². The molecule has 1 aromatic heterocycles. The summed E-state index contributed by atoms with van der Waals surface area (Å²) in [6.45, 7) is 3.61. The van der Waals surface area contributed by atoms with E-state index >= 15 is 0 Å². The summed E-state index contributed by atoms with van der Waals surface area (Å²) in [5.41, 5.74) is 1.27. The molecule has 0 aliphatic carbocycles. The largest absolute Gasteiger partial charge is 0.480 e. The van der Waals surface area contributed by atoms with Gasteiger partial charge < -0.3 is 10.2 Å². The Balaban J connectivity index is 2.94. The zero-order valence-corrected chi connectivity index (χ0v) is 11.5. The van der Waals surface area contributed by atoms with E-state index in [-0.39, 0.29) is 19.6 Å². The molecule has 106 valence electrons. The van der Waals surface area contributed by atoms with E-state index < -0.39 is 11.9 Å². The number of hydrogen-bond acceptors (Lipinski definition) is 4. The van der Waals surface area contributed by atoms with Crippen LogP contribution < -0.4 is 0 Å². The van der Waals surface area contributed by atoms with Crippen molar-refractivity contribution in [3.8, 4) is 0 Å². The van der Waals surface area contributed by atoms with Gasteiger partial charge in [0, 0.05) is 13.1 Å². The van der Waals surface area contributed by atoms with Crippen molar-refractivity contribution in [2.45, 2.75) is 26.9 Å². The van der Waals surface area contributed by atoms with Gasteiger partial charge in [0.05, 0.1) is 29.5 Å². The summed E-state index contributed by atoms with van der Waals surface area (Å²) in [5.74, 6) is -2.17. The van der Waals surface area contributed by atoms with Crippen LogP contribution in [0.3, 0.4) is 0 Å². The van der Waals surface area contributed by atoms with E-state index in [0.717, 1.165) is 0 Å². The Labute approximate surface area is 115 Å². The second-order valence-electron chi connectivity index (χ2n) is 4.09. The predicted octanol–water partition coefficient (Wildman–Crippen LogP) is 0.836. The molecule has 0 aromatic carbocycles. The minimum absolute atomic E-state index is 0.131. The van der Waals surface area contributed by atoms with Crippen LogP contribution in [0.4, 0.5) is 0 Å². The van der Waals surface area contributed by atoms with Gasteiger partial charge in [-0.2, -0.15) is 5.10 Å². The Kier molecular flexibility index (Phi) is 5.31. The van der Waals surface area contributed by atoms with E-state index in [1.54, 1.807) is 11.6 Å². The summed E-state index contributed by atoms with van der Waals surface area (Å²) >= 11 is 6.11. The van der Waals surface area contributed by atoms with Crippen LogP contribution in [-0.2, 0) is 22.7 Å². The molecule has 0 saturated heterocycles. The fourth-order valence-electron chi connectivity index (χ4n) is 1.78. The quantitative estimate of drug-likeness (QED) is 0.772. The molecule has 0 spiro atoms. The van der Waals surface area contributed by atoms with E-state index in [9.17, 15) is 9.59 Å². The number of carboxylic acid groups (broad SMARTS) is 2. The maximum atomic E-state index is 10.7. The Morgan fingerprint density at radius 1 is 1.32 bits per heavy atom. The average Bonchev–Trinajstić information content (AvgIpc) is 2.55. The third-order valence-electron chi connectivity index (χ3n) is 2.54. The standard InChI is InChI=1S/C11H16ClN3O4/c1-3-15-8(11(12)7(2)13-15)4-14(5-9(16)17)6-10(18)19/h3-6H2,1-2H3,(H,16,17)(H,18,19). The van der Waals surface area contributed by atoms with E-state index in [2.05, 4.69) is 5.10 Å². The first-order chi connectivity index (χ1) is 8.85. The number of aromatic nitrogens is 2. The Morgan fingerprint density at radius 2 is 1.84 bits per heavy atom. The molecule has 1 heterocycles. The van der Waals surface area contributed by atoms with Gasteiger partial charge in [0.15, 0.2) is 0 Å². The minimum atomic E-state index is -1.09. The van der Waals surface area contributed by atoms with E-state index in [0.29, 0.717) is 23.0 Å². The summed E-state index contributed by atoms with van der Waals surface area (Å²) in [6.07, 6.45) is 0. The second kappa shape index (κ2) is 6.53. The third kappa shape index (κ3) is 4.22. The van der Waals surface area contributed by atoms with Crippen molar-refractivity contribution < 1.29 is 19.8 Å². The Morgan fingerprint density at radius 3 is 2.26 bits per heavy atom. The van der Waals surface area contributed by atoms with Crippen LogP contribution in [0.5, 0.6) is 0 Å². The van der Waals surface area contributed by atoms with Crippen LogP contribution >= 0.6 is 11.6 Å². The highest BCUT2D eigenvalue weighted by Gasteiger charge is 2.19. The van der Waals surface area contributed by atoms with Crippen molar-refractivity contribution in [3.05, 3.63) is 16.4 Å². The van der Waals surface area contributed by atoms with Crippen molar-refractivity contribution >= 4 is 23.5 Å². The van der Waals surface area contributed by atoms with Gasteiger partial charge in [0.25, 0.3) is 0 Å². The number of halogens is 1. The first kappa shape index (κ1) is 15.5. The van der Waals surface area contributed by atoms with Gasteiger partial charge >= 0.3 is 11.9 Å². The maximum absolute atomic E-state index is 10.7. The molecule has 0 saturated carbocycles. The molecule has 2 N–H and O–H groups in total. The van der Waals surface area contributed by atoms with Gasteiger partial charge in [-0.3, -0.25) is 19.2 Å². The number of aliphatic carboxylic acids is 2. The molecule has 0 bridgehead atoms. The molecule has 1 rings (SSSR count). The van der Waals surface area contributed by atoms with Gasteiger partial charge in [-0.15, -0.1) is 0 Å². The highest BCUT2D eigenvalue weighted by Crippen LogP contribution is 2.21.